The van der Waals surface area contributed by atoms with Gasteiger partial charge in [0.05, 0.1) is 0 Å². The number of hydrogen-bond donors (Lipinski definition) is 2. The summed E-state index contributed by atoms with van der Waals surface area (Å²) in [4.78, 5) is 3.99. The van der Waals surface area contributed by atoms with E-state index < -0.39 is 0 Å². The molecule has 1 aromatic heterocycles. The molecule has 0 radical (unpaired) electrons. The standard InChI is InChI=1S/C14H16N2O/c1-10-3-4-13(9-14(10)17)16-11(2)12-5-7-15-8-6-12/h3-9,11,16-17H,1-2H3. The molecular weight excluding hydrogens is 212 g/mol. The first-order valence-electron chi connectivity index (χ1n) is 5.63. The Morgan fingerprint density at radius 3 is 2.53 bits per heavy atom. The summed E-state index contributed by atoms with van der Waals surface area (Å²) in [6.45, 7) is 3.96. The Morgan fingerprint density at radius 1 is 1.18 bits per heavy atom. The summed E-state index contributed by atoms with van der Waals surface area (Å²) in [5.41, 5.74) is 2.96. The highest BCUT2D eigenvalue weighted by atomic mass is 16.3. The highest BCUT2D eigenvalue weighted by molar-refractivity contribution is 5.52. The summed E-state index contributed by atoms with van der Waals surface area (Å²) in [5.74, 6) is 0.317. The van der Waals surface area contributed by atoms with Crippen molar-refractivity contribution in [3.8, 4) is 5.75 Å². The molecule has 0 saturated carbocycles. The number of nitrogens with zero attached hydrogens (tertiary/aromatic N) is 1. The lowest BCUT2D eigenvalue weighted by Gasteiger charge is -2.16. The maximum Gasteiger partial charge on any atom is 0.120 e. The third kappa shape index (κ3) is 2.75. The SMILES string of the molecule is Cc1ccc(NC(C)c2ccncc2)cc1O. The monoisotopic (exact) mass is 228 g/mol. The Hall–Kier alpha value is -2.03. The van der Waals surface area contributed by atoms with Gasteiger partial charge in [-0.2, -0.15) is 0 Å². The number of anilines is 1. The molecule has 0 spiro atoms. The van der Waals surface area contributed by atoms with E-state index in [4.69, 9.17) is 0 Å². The Morgan fingerprint density at radius 2 is 1.88 bits per heavy atom. The Bertz CT molecular complexity index is 497. The van der Waals surface area contributed by atoms with Crippen molar-refractivity contribution in [3.05, 3.63) is 53.9 Å². The predicted octanol–water partition coefficient (Wildman–Crippen LogP) is 3.27. The summed E-state index contributed by atoms with van der Waals surface area (Å²) in [6, 6.07) is 9.74. The first-order chi connectivity index (χ1) is 8.16. The van der Waals surface area contributed by atoms with Gasteiger partial charge in [0.1, 0.15) is 5.75 Å². The fourth-order valence-corrected chi connectivity index (χ4v) is 1.68. The van der Waals surface area contributed by atoms with Gasteiger partial charge in [0.25, 0.3) is 0 Å². The van der Waals surface area contributed by atoms with E-state index in [2.05, 4.69) is 17.2 Å². The molecule has 2 aromatic rings. The quantitative estimate of drug-likeness (QED) is 0.847. The molecule has 0 saturated heterocycles. The lowest BCUT2D eigenvalue weighted by atomic mass is 10.1. The van der Waals surface area contributed by atoms with Crippen LogP contribution in [0.2, 0.25) is 0 Å². The number of rotatable bonds is 3. The largest absolute Gasteiger partial charge is 0.508 e. The number of aromatic nitrogens is 1. The highest BCUT2D eigenvalue weighted by Gasteiger charge is 2.05. The number of aromatic hydroxyl groups is 1. The molecule has 3 nitrogen and oxygen atoms in total. The minimum Gasteiger partial charge on any atom is -0.508 e. The number of aryl methyl sites for hydroxylation is 1. The van der Waals surface area contributed by atoms with Gasteiger partial charge in [0.2, 0.25) is 0 Å². The number of benzene rings is 1. The molecule has 0 fully saturated rings. The molecule has 3 heteroatoms. The van der Waals surface area contributed by atoms with E-state index in [-0.39, 0.29) is 6.04 Å². The zero-order valence-corrected chi connectivity index (χ0v) is 10.0. The second kappa shape index (κ2) is 4.87. The normalized spacial score (nSPS) is 12.1. The smallest absolute Gasteiger partial charge is 0.120 e. The van der Waals surface area contributed by atoms with Gasteiger partial charge < -0.3 is 10.4 Å². The molecule has 0 aliphatic rings. The molecule has 0 bridgehead atoms. The van der Waals surface area contributed by atoms with E-state index in [1.165, 1.54) is 5.56 Å². The van der Waals surface area contributed by atoms with Gasteiger partial charge in [0, 0.05) is 30.2 Å². The van der Waals surface area contributed by atoms with Crippen LogP contribution in [0.3, 0.4) is 0 Å². The van der Waals surface area contributed by atoms with Crippen LogP contribution in [0.15, 0.2) is 42.7 Å². The van der Waals surface area contributed by atoms with E-state index in [9.17, 15) is 5.11 Å². The molecule has 1 unspecified atom stereocenters. The van der Waals surface area contributed by atoms with Crippen molar-refractivity contribution in [2.24, 2.45) is 0 Å². The maximum absolute atomic E-state index is 9.63. The average Bonchev–Trinajstić information content (AvgIpc) is 2.35. The van der Waals surface area contributed by atoms with Crippen LogP contribution in [0, 0.1) is 6.92 Å². The molecule has 1 aromatic carbocycles. The van der Waals surface area contributed by atoms with Crippen LogP contribution in [-0.4, -0.2) is 10.1 Å². The number of phenolic OH excluding ortho intramolecular Hbond substituents is 1. The predicted molar refractivity (Wildman–Crippen MR) is 69.1 cm³/mol. The van der Waals surface area contributed by atoms with Crippen LogP contribution >= 0.6 is 0 Å². The van der Waals surface area contributed by atoms with E-state index >= 15 is 0 Å². The summed E-state index contributed by atoms with van der Waals surface area (Å²) >= 11 is 0. The van der Waals surface area contributed by atoms with Crippen molar-refractivity contribution in [1.82, 2.24) is 4.98 Å². The van der Waals surface area contributed by atoms with Crippen LogP contribution in [0.1, 0.15) is 24.1 Å². The highest BCUT2D eigenvalue weighted by Crippen LogP contribution is 2.24. The van der Waals surface area contributed by atoms with Crippen molar-refractivity contribution in [1.29, 1.82) is 0 Å². The van der Waals surface area contributed by atoms with E-state index in [0.29, 0.717) is 5.75 Å². The van der Waals surface area contributed by atoms with Gasteiger partial charge in [-0.15, -0.1) is 0 Å². The van der Waals surface area contributed by atoms with Crippen LogP contribution < -0.4 is 5.32 Å². The number of pyridine rings is 1. The van der Waals surface area contributed by atoms with Gasteiger partial charge >= 0.3 is 0 Å². The van der Waals surface area contributed by atoms with Crippen LogP contribution in [0.4, 0.5) is 5.69 Å². The molecule has 0 aliphatic heterocycles. The van der Waals surface area contributed by atoms with Gasteiger partial charge in [0.15, 0.2) is 0 Å². The van der Waals surface area contributed by atoms with Crippen LogP contribution in [0.25, 0.3) is 0 Å². The van der Waals surface area contributed by atoms with Gasteiger partial charge in [-0.05, 0) is 43.2 Å². The summed E-state index contributed by atoms with van der Waals surface area (Å²) in [5, 5.41) is 13.0. The Balaban J connectivity index is 2.13. The molecule has 1 heterocycles. The summed E-state index contributed by atoms with van der Waals surface area (Å²) in [7, 11) is 0. The minimum atomic E-state index is 0.181. The second-order valence-corrected chi connectivity index (χ2v) is 4.15. The average molecular weight is 228 g/mol. The van der Waals surface area contributed by atoms with Gasteiger partial charge in [-0.3, -0.25) is 4.98 Å². The van der Waals surface area contributed by atoms with Crippen molar-refractivity contribution in [3.63, 3.8) is 0 Å². The van der Waals surface area contributed by atoms with Crippen molar-refractivity contribution < 1.29 is 5.11 Å². The lowest BCUT2D eigenvalue weighted by molar-refractivity contribution is 0.471. The topological polar surface area (TPSA) is 45.2 Å². The first kappa shape index (κ1) is 11.5. The van der Waals surface area contributed by atoms with E-state index in [1.807, 2.05) is 31.2 Å². The van der Waals surface area contributed by atoms with Crippen LogP contribution in [-0.2, 0) is 0 Å². The molecule has 88 valence electrons. The third-order valence-electron chi connectivity index (χ3n) is 2.80. The number of phenols is 1. The Labute approximate surface area is 101 Å². The first-order valence-corrected chi connectivity index (χ1v) is 5.63. The third-order valence-corrected chi connectivity index (χ3v) is 2.80. The molecule has 2 rings (SSSR count). The van der Waals surface area contributed by atoms with Crippen molar-refractivity contribution in [2.45, 2.75) is 19.9 Å². The zero-order valence-electron chi connectivity index (χ0n) is 10.0. The maximum atomic E-state index is 9.63. The molecule has 2 N–H and O–H groups in total. The molecular formula is C14H16N2O. The lowest BCUT2D eigenvalue weighted by Crippen LogP contribution is -2.06. The summed E-state index contributed by atoms with van der Waals surface area (Å²) < 4.78 is 0. The number of nitrogens with one attached hydrogen (secondary N) is 1. The molecule has 1 atom stereocenters. The minimum absolute atomic E-state index is 0.181. The molecule has 0 aliphatic carbocycles. The molecule has 17 heavy (non-hydrogen) atoms. The number of hydrogen-bond acceptors (Lipinski definition) is 3. The zero-order chi connectivity index (χ0) is 12.3. The van der Waals surface area contributed by atoms with E-state index in [1.54, 1.807) is 18.5 Å². The van der Waals surface area contributed by atoms with Gasteiger partial charge in [-0.25, -0.2) is 0 Å². The second-order valence-electron chi connectivity index (χ2n) is 4.15. The van der Waals surface area contributed by atoms with E-state index in [0.717, 1.165) is 11.3 Å². The van der Waals surface area contributed by atoms with Crippen LogP contribution in [0.5, 0.6) is 5.75 Å². The van der Waals surface area contributed by atoms with Crippen molar-refractivity contribution in [2.75, 3.05) is 5.32 Å². The fraction of sp³-hybridized carbons (Fsp3) is 0.214. The summed E-state index contributed by atoms with van der Waals surface area (Å²) in [6.07, 6.45) is 3.56. The molecule has 0 amide bonds. The Kier molecular flexibility index (Phi) is 3.28. The van der Waals surface area contributed by atoms with Crippen molar-refractivity contribution >= 4 is 5.69 Å². The fourth-order valence-electron chi connectivity index (χ4n) is 1.68. The van der Waals surface area contributed by atoms with Gasteiger partial charge in [-0.1, -0.05) is 6.07 Å².